The molecule has 1 saturated heterocycles. The van der Waals surface area contributed by atoms with Gasteiger partial charge in [0, 0.05) is 31.2 Å². The van der Waals surface area contributed by atoms with Crippen LogP contribution in [-0.2, 0) is 6.61 Å². The van der Waals surface area contributed by atoms with Gasteiger partial charge in [-0.25, -0.2) is 14.4 Å². The minimum atomic E-state index is -0.707. The summed E-state index contributed by atoms with van der Waals surface area (Å²) in [6.45, 7) is 16.0. The number of ether oxygens (including phenoxy) is 1. The van der Waals surface area contributed by atoms with E-state index in [2.05, 4.69) is 52.8 Å². The van der Waals surface area contributed by atoms with Crippen LogP contribution in [0.1, 0.15) is 72.8 Å². The summed E-state index contributed by atoms with van der Waals surface area (Å²) in [6, 6.07) is 4.70. The molecule has 3 rings (SSSR count). The van der Waals surface area contributed by atoms with Gasteiger partial charge in [-0.2, -0.15) is 0 Å². The molecule has 0 spiro atoms. The second-order valence-electron chi connectivity index (χ2n) is 10.5. The lowest BCUT2D eigenvalue weighted by atomic mass is 10.1. The van der Waals surface area contributed by atoms with Crippen LogP contribution in [0.25, 0.3) is 0 Å². The Kier molecular flexibility index (Phi) is 16.0. The van der Waals surface area contributed by atoms with E-state index in [4.69, 9.17) is 4.74 Å². The summed E-state index contributed by atoms with van der Waals surface area (Å²) in [4.78, 5) is 13.0. The fraction of sp³-hybridized carbons (Fsp3) is 0.655. The molecule has 0 unspecified atom stereocenters. The summed E-state index contributed by atoms with van der Waals surface area (Å²) in [7, 11) is 1.95. The number of aliphatic hydroxyl groups is 2. The maximum atomic E-state index is 13.5. The molecule has 38 heavy (non-hydrogen) atoms. The molecule has 1 aliphatic heterocycles. The molecular formula is C29H50FN5O3. The van der Waals surface area contributed by atoms with Gasteiger partial charge in [-0.3, -0.25) is 0 Å². The van der Waals surface area contributed by atoms with Crippen molar-refractivity contribution >= 4 is 5.82 Å². The first-order valence-electron chi connectivity index (χ1n) is 13.8. The predicted molar refractivity (Wildman–Crippen MR) is 153 cm³/mol. The van der Waals surface area contributed by atoms with Gasteiger partial charge in [-0.15, -0.1) is 0 Å². The van der Waals surface area contributed by atoms with Crippen LogP contribution in [0, 0.1) is 5.82 Å². The molecule has 1 aromatic carbocycles. The Bertz CT molecular complexity index is 908. The van der Waals surface area contributed by atoms with Gasteiger partial charge in [0.05, 0.1) is 18.4 Å². The van der Waals surface area contributed by atoms with E-state index < -0.39 is 11.4 Å². The summed E-state index contributed by atoms with van der Waals surface area (Å²) in [5.41, 5.74) is -0.336. The van der Waals surface area contributed by atoms with Crippen LogP contribution in [0.15, 0.2) is 30.7 Å². The molecule has 1 fully saturated rings. The van der Waals surface area contributed by atoms with Gasteiger partial charge in [-0.05, 0) is 71.4 Å². The van der Waals surface area contributed by atoms with Crippen LogP contribution < -0.4 is 15.0 Å². The Morgan fingerprint density at radius 3 is 2.29 bits per heavy atom. The third-order valence-electron chi connectivity index (χ3n) is 5.61. The fourth-order valence-corrected chi connectivity index (χ4v) is 3.77. The minimum absolute atomic E-state index is 0.323. The Morgan fingerprint density at radius 2 is 1.68 bits per heavy atom. The molecule has 8 nitrogen and oxygen atoms in total. The number of hydrogen-bond donors (Lipinski definition) is 3. The molecule has 1 aliphatic rings. The number of halogens is 1. The number of hydrogen-bond acceptors (Lipinski definition) is 8. The zero-order valence-corrected chi connectivity index (χ0v) is 24.5. The van der Waals surface area contributed by atoms with Gasteiger partial charge in [0.2, 0.25) is 0 Å². The van der Waals surface area contributed by atoms with Gasteiger partial charge in [-0.1, -0.05) is 34.1 Å². The number of nitrogens with one attached hydrogen (secondary N) is 1. The van der Waals surface area contributed by atoms with E-state index in [9.17, 15) is 14.6 Å². The number of aromatic nitrogens is 2. The summed E-state index contributed by atoms with van der Waals surface area (Å²) in [5, 5.41) is 22.7. The van der Waals surface area contributed by atoms with E-state index >= 15 is 0 Å². The predicted octanol–water partition coefficient (Wildman–Crippen LogP) is 4.99. The first-order chi connectivity index (χ1) is 18.0. The topological polar surface area (TPSA) is 94.0 Å². The number of anilines is 1. The highest BCUT2D eigenvalue weighted by Crippen LogP contribution is 2.32. The first-order valence-corrected chi connectivity index (χ1v) is 13.8. The second kappa shape index (κ2) is 18.0. The molecule has 0 amide bonds. The van der Waals surface area contributed by atoms with Crippen LogP contribution in [0.2, 0.25) is 0 Å². The Hall–Kier alpha value is -2.33. The minimum Gasteiger partial charge on any atom is -0.451 e. The number of rotatable bonds is 7. The van der Waals surface area contributed by atoms with E-state index in [1.807, 2.05) is 20.9 Å². The third kappa shape index (κ3) is 13.5. The summed E-state index contributed by atoms with van der Waals surface area (Å²) in [5.74, 6) is 1.13. The molecule has 3 N–H and O–H groups in total. The summed E-state index contributed by atoms with van der Waals surface area (Å²) in [6.07, 6.45) is 7.29. The quantitative estimate of drug-likeness (QED) is 0.456. The Balaban J connectivity index is 0.000000794. The molecule has 0 radical (unpaired) electrons. The highest BCUT2D eigenvalue weighted by atomic mass is 19.1. The van der Waals surface area contributed by atoms with Gasteiger partial charge >= 0.3 is 0 Å². The number of nitrogens with zero attached hydrogens (tertiary/aromatic N) is 4. The average molecular weight is 536 g/mol. The van der Waals surface area contributed by atoms with Gasteiger partial charge in [0.1, 0.15) is 17.9 Å². The fourth-order valence-electron chi connectivity index (χ4n) is 3.77. The standard InChI is InChI=1S/C22H31FN4O3.C4H11N.C3H8/c1-22(2,29)15-26-8-3-4-10-27(11-5-9-26)21-20(13-24-16-25-21)30-19-7-6-18(23)12-17(19)14-28;1-4(2)5-3;1-3-2/h6-7,12-13,16,28-29H,3-5,8-11,14-15H2,1-2H3;4-5H,1-3H3;3H2,1-2H3. The second-order valence-corrected chi connectivity index (χ2v) is 10.5. The van der Waals surface area contributed by atoms with Crippen molar-refractivity contribution in [2.45, 2.75) is 85.5 Å². The molecule has 9 heteroatoms. The van der Waals surface area contributed by atoms with Crippen LogP contribution in [0.5, 0.6) is 11.5 Å². The van der Waals surface area contributed by atoms with Crippen molar-refractivity contribution in [2.75, 3.05) is 44.7 Å². The largest absolute Gasteiger partial charge is 0.451 e. The molecule has 0 saturated carbocycles. The number of benzene rings is 1. The molecule has 0 atom stereocenters. The molecule has 1 aromatic heterocycles. The van der Waals surface area contributed by atoms with Gasteiger partial charge in [0.25, 0.3) is 0 Å². The van der Waals surface area contributed by atoms with Crippen molar-refractivity contribution in [1.82, 2.24) is 20.2 Å². The third-order valence-corrected chi connectivity index (χ3v) is 5.61. The zero-order valence-electron chi connectivity index (χ0n) is 24.5. The van der Waals surface area contributed by atoms with Crippen molar-refractivity contribution in [3.05, 3.63) is 42.1 Å². The van der Waals surface area contributed by atoms with Crippen molar-refractivity contribution in [1.29, 1.82) is 0 Å². The maximum Gasteiger partial charge on any atom is 0.188 e. The van der Waals surface area contributed by atoms with Crippen molar-refractivity contribution in [2.24, 2.45) is 0 Å². The van der Waals surface area contributed by atoms with Crippen molar-refractivity contribution in [3.8, 4) is 11.5 Å². The molecule has 2 aromatic rings. The van der Waals surface area contributed by atoms with E-state index in [1.165, 1.54) is 30.9 Å². The lowest BCUT2D eigenvalue weighted by Crippen LogP contribution is -2.40. The number of β-amino-alcohol motifs (C(OH)–C–C–N with tert-alkyl or cyclic N) is 1. The summed E-state index contributed by atoms with van der Waals surface area (Å²) < 4.78 is 19.5. The summed E-state index contributed by atoms with van der Waals surface area (Å²) >= 11 is 0. The van der Waals surface area contributed by atoms with Gasteiger partial charge < -0.3 is 30.1 Å². The molecule has 0 bridgehead atoms. The molecular weight excluding hydrogens is 485 g/mol. The maximum absolute atomic E-state index is 13.5. The van der Waals surface area contributed by atoms with Crippen molar-refractivity contribution < 1.29 is 19.3 Å². The van der Waals surface area contributed by atoms with Crippen molar-refractivity contribution in [3.63, 3.8) is 0 Å². The SMILES string of the molecule is CC(C)(O)CN1CCCCN(c2ncncc2Oc2ccc(F)cc2CO)CCC1.CCC.CNC(C)C. The van der Waals surface area contributed by atoms with Crippen LogP contribution >= 0.6 is 0 Å². The molecule has 0 aliphatic carbocycles. The lowest BCUT2D eigenvalue weighted by Gasteiger charge is -2.28. The first kappa shape index (κ1) is 33.7. The smallest absolute Gasteiger partial charge is 0.188 e. The van der Waals surface area contributed by atoms with E-state index in [0.29, 0.717) is 35.5 Å². The van der Waals surface area contributed by atoms with Crippen LogP contribution in [0.3, 0.4) is 0 Å². The average Bonchev–Trinajstić information content (AvgIpc) is 2.97. The van der Waals surface area contributed by atoms with Crippen LogP contribution in [0.4, 0.5) is 10.2 Å². The normalized spacial score (nSPS) is 14.9. The Labute approximate surface area is 229 Å². The highest BCUT2D eigenvalue weighted by Gasteiger charge is 2.21. The molecule has 2 heterocycles. The zero-order chi connectivity index (χ0) is 28.6. The number of aliphatic hydroxyl groups excluding tert-OH is 1. The lowest BCUT2D eigenvalue weighted by molar-refractivity contribution is 0.0359. The monoisotopic (exact) mass is 535 g/mol. The Morgan fingerprint density at radius 1 is 1.08 bits per heavy atom. The van der Waals surface area contributed by atoms with Gasteiger partial charge in [0.15, 0.2) is 11.6 Å². The molecule has 216 valence electrons. The van der Waals surface area contributed by atoms with Crippen LogP contribution in [-0.4, -0.2) is 76.5 Å². The highest BCUT2D eigenvalue weighted by molar-refractivity contribution is 5.53. The van der Waals surface area contributed by atoms with E-state index in [0.717, 1.165) is 45.4 Å². The van der Waals surface area contributed by atoms with E-state index in [1.54, 1.807) is 6.20 Å². The van der Waals surface area contributed by atoms with E-state index in [-0.39, 0.29) is 6.61 Å².